The molecule has 1 aliphatic carbocycles. The predicted octanol–water partition coefficient (Wildman–Crippen LogP) is 2.44. The van der Waals surface area contributed by atoms with Crippen molar-refractivity contribution >= 4 is 35.0 Å². The van der Waals surface area contributed by atoms with Crippen molar-refractivity contribution in [3.05, 3.63) is 48.0 Å². The number of fused-ring (bicyclic) bond motifs is 1. The molecule has 2 heterocycles. The smallest absolute Gasteiger partial charge is 0.257 e. The van der Waals surface area contributed by atoms with Crippen LogP contribution in [0.2, 0.25) is 0 Å². The first kappa shape index (κ1) is 21.0. The van der Waals surface area contributed by atoms with Crippen molar-refractivity contribution in [1.82, 2.24) is 4.90 Å². The summed E-state index contributed by atoms with van der Waals surface area (Å²) in [5.74, 6) is 0.0166. The molecule has 2 aromatic carbocycles. The number of nitrogens with zero attached hydrogens (tertiary/aromatic N) is 2. The maximum atomic E-state index is 13.3. The number of hydrogen-bond acceptors (Lipinski definition) is 6. The Kier molecular flexibility index (Phi) is 5.24. The highest BCUT2D eigenvalue weighted by Crippen LogP contribution is 2.37. The van der Waals surface area contributed by atoms with Crippen LogP contribution >= 0.6 is 0 Å². The molecule has 170 valence electrons. The van der Waals surface area contributed by atoms with Gasteiger partial charge in [-0.15, -0.1) is 0 Å². The molecule has 0 bridgehead atoms. The molecule has 5 rings (SSSR count). The van der Waals surface area contributed by atoms with Crippen LogP contribution in [0.1, 0.15) is 31.7 Å². The fraction of sp³-hybridized carbons (Fsp3) is 0.333. The van der Waals surface area contributed by atoms with Crippen LogP contribution in [0.4, 0.5) is 11.4 Å². The van der Waals surface area contributed by atoms with Gasteiger partial charge in [-0.3, -0.25) is 19.2 Å². The van der Waals surface area contributed by atoms with Gasteiger partial charge in [0.15, 0.2) is 11.5 Å². The fourth-order valence-electron chi connectivity index (χ4n) is 4.17. The Hall–Kier alpha value is -3.88. The van der Waals surface area contributed by atoms with Gasteiger partial charge in [0.05, 0.1) is 12.1 Å². The van der Waals surface area contributed by atoms with Gasteiger partial charge in [0.1, 0.15) is 6.04 Å². The summed E-state index contributed by atoms with van der Waals surface area (Å²) in [4.78, 5) is 53.2. The van der Waals surface area contributed by atoms with E-state index in [9.17, 15) is 19.2 Å². The van der Waals surface area contributed by atoms with E-state index in [4.69, 9.17) is 9.47 Å². The summed E-state index contributed by atoms with van der Waals surface area (Å²) in [6, 6.07) is 11.0. The predicted molar refractivity (Wildman–Crippen MR) is 117 cm³/mol. The summed E-state index contributed by atoms with van der Waals surface area (Å²) >= 11 is 0. The highest BCUT2D eigenvalue weighted by atomic mass is 16.7. The van der Waals surface area contributed by atoms with Gasteiger partial charge in [-0.1, -0.05) is 6.07 Å². The largest absolute Gasteiger partial charge is 0.454 e. The second kappa shape index (κ2) is 8.23. The van der Waals surface area contributed by atoms with E-state index in [0.717, 1.165) is 23.3 Å². The molecule has 9 heteroatoms. The molecule has 1 saturated heterocycles. The average molecular weight is 449 g/mol. The monoisotopic (exact) mass is 449 g/mol. The van der Waals surface area contributed by atoms with Crippen molar-refractivity contribution in [3.8, 4) is 11.5 Å². The lowest BCUT2D eigenvalue weighted by molar-refractivity contribution is -0.140. The molecule has 9 nitrogen and oxygen atoms in total. The summed E-state index contributed by atoms with van der Waals surface area (Å²) < 4.78 is 10.8. The minimum absolute atomic E-state index is 0.0741. The van der Waals surface area contributed by atoms with E-state index in [0.29, 0.717) is 22.9 Å². The van der Waals surface area contributed by atoms with Gasteiger partial charge >= 0.3 is 0 Å². The van der Waals surface area contributed by atoms with Crippen LogP contribution < -0.4 is 19.7 Å². The number of amides is 4. The quantitative estimate of drug-likeness (QED) is 0.680. The third-order valence-electron chi connectivity index (χ3n) is 5.94. The maximum absolute atomic E-state index is 13.3. The van der Waals surface area contributed by atoms with E-state index in [1.54, 1.807) is 36.4 Å². The minimum Gasteiger partial charge on any atom is -0.454 e. The Morgan fingerprint density at radius 2 is 1.79 bits per heavy atom. The van der Waals surface area contributed by atoms with Gasteiger partial charge in [-0.25, -0.2) is 4.90 Å². The molecule has 1 unspecified atom stereocenters. The van der Waals surface area contributed by atoms with Gasteiger partial charge in [0.2, 0.25) is 24.5 Å². The Morgan fingerprint density at radius 3 is 2.48 bits per heavy atom. The van der Waals surface area contributed by atoms with E-state index in [2.05, 4.69) is 5.32 Å². The summed E-state index contributed by atoms with van der Waals surface area (Å²) in [6.07, 6.45) is 1.51. The Balaban J connectivity index is 1.39. The fourth-order valence-corrected chi connectivity index (χ4v) is 4.17. The van der Waals surface area contributed by atoms with Crippen molar-refractivity contribution < 1.29 is 28.7 Å². The molecule has 4 amide bonds. The second-order valence-corrected chi connectivity index (χ2v) is 8.44. The first-order valence-corrected chi connectivity index (χ1v) is 10.8. The van der Waals surface area contributed by atoms with Gasteiger partial charge < -0.3 is 19.7 Å². The molecule has 0 radical (unpaired) electrons. The molecule has 33 heavy (non-hydrogen) atoms. The van der Waals surface area contributed by atoms with Crippen LogP contribution in [0.25, 0.3) is 0 Å². The third-order valence-corrected chi connectivity index (χ3v) is 5.94. The molecule has 0 aromatic heterocycles. The van der Waals surface area contributed by atoms with Crippen LogP contribution in [0.5, 0.6) is 11.5 Å². The van der Waals surface area contributed by atoms with Gasteiger partial charge in [-0.2, -0.15) is 0 Å². The normalized spacial score (nSPS) is 19.1. The third kappa shape index (κ3) is 4.13. The van der Waals surface area contributed by atoms with Crippen molar-refractivity contribution in [2.45, 2.75) is 38.8 Å². The SMILES string of the molecule is CC(=O)Nc1ccc(N2C(=O)CC(N(Cc3ccc4c(c3)OCO4)C(=O)C3CC3)C2=O)cc1. The van der Waals surface area contributed by atoms with E-state index in [1.165, 1.54) is 11.8 Å². The first-order chi connectivity index (χ1) is 15.9. The number of nitrogens with one attached hydrogen (secondary N) is 1. The zero-order chi connectivity index (χ0) is 23.1. The van der Waals surface area contributed by atoms with E-state index >= 15 is 0 Å². The van der Waals surface area contributed by atoms with Crippen molar-refractivity contribution in [2.24, 2.45) is 5.92 Å². The molecular formula is C24H23N3O6. The topological polar surface area (TPSA) is 105 Å². The second-order valence-electron chi connectivity index (χ2n) is 8.44. The van der Waals surface area contributed by atoms with Crippen LogP contribution in [-0.4, -0.2) is 41.4 Å². The highest BCUT2D eigenvalue weighted by molar-refractivity contribution is 6.23. The minimum atomic E-state index is -0.869. The Morgan fingerprint density at radius 1 is 1.06 bits per heavy atom. The number of imide groups is 1. The zero-order valence-electron chi connectivity index (χ0n) is 18.1. The molecule has 2 aliphatic heterocycles. The first-order valence-electron chi connectivity index (χ1n) is 10.8. The number of hydrogen-bond donors (Lipinski definition) is 1. The summed E-state index contributed by atoms with van der Waals surface area (Å²) in [5.41, 5.74) is 1.77. The summed E-state index contributed by atoms with van der Waals surface area (Å²) in [7, 11) is 0. The number of carbonyl (C=O) groups is 4. The number of anilines is 2. The lowest BCUT2D eigenvalue weighted by atomic mass is 10.1. The number of rotatable bonds is 6. The van der Waals surface area contributed by atoms with E-state index < -0.39 is 11.9 Å². The molecular weight excluding hydrogens is 426 g/mol. The Bertz CT molecular complexity index is 1140. The van der Waals surface area contributed by atoms with Gasteiger partial charge in [0, 0.05) is 25.1 Å². The molecule has 3 aliphatic rings. The van der Waals surface area contributed by atoms with Crippen molar-refractivity contribution in [3.63, 3.8) is 0 Å². The Labute approximate surface area is 190 Å². The van der Waals surface area contributed by atoms with E-state index in [1.807, 2.05) is 6.07 Å². The van der Waals surface area contributed by atoms with E-state index in [-0.39, 0.29) is 43.4 Å². The van der Waals surface area contributed by atoms with Crippen LogP contribution in [0, 0.1) is 5.92 Å². The zero-order valence-corrected chi connectivity index (χ0v) is 18.1. The number of ether oxygens (including phenoxy) is 2. The highest BCUT2D eigenvalue weighted by Gasteiger charge is 2.47. The van der Waals surface area contributed by atoms with Crippen LogP contribution in [0.3, 0.4) is 0 Å². The van der Waals surface area contributed by atoms with Crippen LogP contribution in [-0.2, 0) is 25.7 Å². The molecule has 2 fully saturated rings. The van der Waals surface area contributed by atoms with Crippen molar-refractivity contribution in [1.29, 1.82) is 0 Å². The lowest BCUT2D eigenvalue weighted by Gasteiger charge is -2.28. The number of benzene rings is 2. The van der Waals surface area contributed by atoms with Crippen LogP contribution in [0.15, 0.2) is 42.5 Å². The molecule has 2 aromatic rings. The summed E-state index contributed by atoms with van der Waals surface area (Å²) in [6.45, 7) is 1.75. The summed E-state index contributed by atoms with van der Waals surface area (Å²) in [5, 5.41) is 2.65. The number of carbonyl (C=O) groups excluding carboxylic acids is 4. The van der Waals surface area contributed by atoms with Gasteiger partial charge in [-0.05, 0) is 54.8 Å². The maximum Gasteiger partial charge on any atom is 0.257 e. The van der Waals surface area contributed by atoms with Crippen molar-refractivity contribution in [2.75, 3.05) is 17.0 Å². The lowest BCUT2D eigenvalue weighted by Crippen LogP contribution is -2.45. The standard InChI is InChI=1S/C24H23N3O6/c1-14(28)25-17-5-7-18(8-6-17)27-22(29)11-19(24(27)31)26(23(30)16-3-4-16)12-15-2-9-20-21(10-15)33-13-32-20/h2,5-10,16,19H,3-4,11-13H2,1H3,(H,25,28). The molecule has 1 saturated carbocycles. The average Bonchev–Trinajstić information content (AvgIpc) is 3.46. The molecule has 0 spiro atoms. The molecule has 1 atom stereocenters. The molecule has 1 N–H and O–H groups in total. The van der Waals surface area contributed by atoms with Gasteiger partial charge in [0.25, 0.3) is 5.91 Å².